The fraction of sp³-hybridized carbons (Fsp3) is 0.467. The van der Waals surface area contributed by atoms with E-state index in [0.29, 0.717) is 41.8 Å². The lowest BCUT2D eigenvalue weighted by molar-refractivity contribution is -0.134. The minimum atomic E-state index is -0.101. The van der Waals surface area contributed by atoms with Gasteiger partial charge >= 0.3 is 0 Å². The Morgan fingerprint density at radius 1 is 1.04 bits per heavy atom. The van der Waals surface area contributed by atoms with Gasteiger partial charge in [0.15, 0.2) is 0 Å². The molecule has 2 amide bonds. The van der Waals surface area contributed by atoms with E-state index in [1.54, 1.807) is 34.9 Å². The Morgan fingerprint density at radius 2 is 1.65 bits per heavy atom. The Labute approximate surface area is 149 Å². The molecule has 1 N–H and O–H groups in total. The summed E-state index contributed by atoms with van der Waals surface area (Å²) in [5.41, 5.74) is 0.483. The summed E-state index contributed by atoms with van der Waals surface area (Å²) >= 11 is 13.6. The fourth-order valence-corrected chi connectivity index (χ4v) is 4.22. The van der Waals surface area contributed by atoms with Gasteiger partial charge in [0, 0.05) is 53.4 Å². The molecule has 0 aromatic heterocycles. The van der Waals surface area contributed by atoms with E-state index in [9.17, 15) is 9.59 Å². The second-order valence-electron chi connectivity index (χ2n) is 5.55. The Bertz CT molecular complexity index is 594. The van der Waals surface area contributed by atoms with Crippen LogP contribution in [0, 0.1) is 0 Å². The summed E-state index contributed by atoms with van der Waals surface area (Å²) in [6, 6.07) is 4.75. The lowest BCUT2D eigenvalue weighted by Crippen LogP contribution is -2.54. The van der Waals surface area contributed by atoms with Gasteiger partial charge in [-0.05, 0) is 18.2 Å². The Kier molecular flexibility index (Phi) is 5.36. The first-order valence-corrected chi connectivity index (χ1v) is 9.31. The molecule has 2 heterocycles. The zero-order valence-electron chi connectivity index (χ0n) is 12.4. The normalized spacial score (nSPS) is 21.6. The average Bonchev–Trinajstić information content (AvgIpc) is 3.07. The molecule has 5 nitrogen and oxygen atoms in total. The molecule has 2 fully saturated rings. The maximum Gasteiger partial charge on any atom is 0.254 e. The Hall–Kier alpha value is -0.950. The standard InChI is InChI=1S/C15H17Cl2N3O2S/c16-11-5-10(6-12(17)7-11)14(21)19-1-3-20(4-2-19)15(22)13-8-23-9-18-13/h5-7,13,18H,1-4,8-9H2. The summed E-state index contributed by atoms with van der Waals surface area (Å²) < 4.78 is 0. The molecule has 0 bridgehead atoms. The molecule has 0 radical (unpaired) electrons. The summed E-state index contributed by atoms with van der Waals surface area (Å²) in [7, 11) is 0. The number of piperazine rings is 1. The summed E-state index contributed by atoms with van der Waals surface area (Å²) in [6.45, 7) is 2.16. The van der Waals surface area contributed by atoms with Gasteiger partial charge in [0.05, 0.1) is 6.04 Å². The molecule has 2 aliphatic heterocycles. The van der Waals surface area contributed by atoms with Crippen molar-refractivity contribution in [1.29, 1.82) is 0 Å². The van der Waals surface area contributed by atoms with Crippen LogP contribution < -0.4 is 5.32 Å². The molecule has 0 saturated carbocycles. The van der Waals surface area contributed by atoms with Crippen molar-refractivity contribution in [3.63, 3.8) is 0 Å². The van der Waals surface area contributed by atoms with Crippen LogP contribution in [-0.4, -0.2) is 65.5 Å². The van der Waals surface area contributed by atoms with Crippen molar-refractivity contribution >= 4 is 46.8 Å². The zero-order chi connectivity index (χ0) is 16.4. The third-order valence-corrected chi connectivity index (χ3v) is 5.38. The van der Waals surface area contributed by atoms with E-state index in [1.165, 1.54) is 0 Å². The highest BCUT2D eigenvalue weighted by molar-refractivity contribution is 7.99. The number of nitrogens with one attached hydrogen (secondary N) is 1. The van der Waals surface area contributed by atoms with Gasteiger partial charge in [0.2, 0.25) is 5.91 Å². The van der Waals surface area contributed by atoms with Crippen molar-refractivity contribution in [2.75, 3.05) is 37.8 Å². The molecule has 2 aliphatic rings. The molecule has 8 heteroatoms. The molecule has 3 rings (SSSR count). The average molecular weight is 374 g/mol. The third kappa shape index (κ3) is 3.94. The second-order valence-corrected chi connectivity index (χ2v) is 7.45. The quantitative estimate of drug-likeness (QED) is 0.860. The molecule has 0 aliphatic carbocycles. The number of thioether (sulfide) groups is 1. The van der Waals surface area contributed by atoms with Gasteiger partial charge in [-0.1, -0.05) is 23.2 Å². The van der Waals surface area contributed by atoms with Gasteiger partial charge in [-0.25, -0.2) is 0 Å². The van der Waals surface area contributed by atoms with E-state index in [4.69, 9.17) is 23.2 Å². The van der Waals surface area contributed by atoms with Crippen LogP contribution in [-0.2, 0) is 4.79 Å². The zero-order valence-corrected chi connectivity index (χ0v) is 14.8. The number of benzene rings is 1. The van der Waals surface area contributed by atoms with Gasteiger partial charge < -0.3 is 9.80 Å². The van der Waals surface area contributed by atoms with Crippen LogP contribution in [0.5, 0.6) is 0 Å². The minimum absolute atomic E-state index is 0.0889. The molecular weight excluding hydrogens is 357 g/mol. The molecule has 1 aromatic rings. The predicted octanol–water partition coefficient (Wildman–Crippen LogP) is 1.94. The van der Waals surface area contributed by atoms with Crippen LogP contribution in [0.1, 0.15) is 10.4 Å². The lowest BCUT2D eigenvalue weighted by atomic mass is 10.1. The van der Waals surface area contributed by atoms with Gasteiger partial charge in [-0.15, -0.1) is 11.8 Å². The van der Waals surface area contributed by atoms with Crippen molar-refractivity contribution in [1.82, 2.24) is 15.1 Å². The van der Waals surface area contributed by atoms with Crippen LogP contribution >= 0.6 is 35.0 Å². The number of nitrogens with zero attached hydrogens (tertiary/aromatic N) is 2. The highest BCUT2D eigenvalue weighted by atomic mass is 35.5. The molecular formula is C15H17Cl2N3O2S. The molecule has 2 saturated heterocycles. The predicted molar refractivity (Wildman–Crippen MR) is 93.2 cm³/mol. The summed E-state index contributed by atoms with van der Waals surface area (Å²) in [6.07, 6.45) is 0. The molecule has 23 heavy (non-hydrogen) atoms. The Balaban J connectivity index is 1.59. The Morgan fingerprint density at radius 3 is 2.22 bits per heavy atom. The number of hydrogen-bond acceptors (Lipinski definition) is 4. The molecule has 124 valence electrons. The van der Waals surface area contributed by atoms with Crippen molar-refractivity contribution < 1.29 is 9.59 Å². The third-order valence-electron chi connectivity index (χ3n) is 4.00. The second kappa shape index (κ2) is 7.30. The van der Waals surface area contributed by atoms with Gasteiger partial charge in [-0.3, -0.25) is 14.9 Å². The molecule has 0 spiro atoms. The van der Waals surface area contributed by atoms with Crippen LogP contribution in [0.15, 0.2) is 18.2 Å². The number of carbonyl (C=O) groups is 2. The summed E-state index contributed by atoms with van der Waals surface area (Å²) in [4.78, 5) is 28.4. The van der Waals surface area contributed by atoms with E-state index in [0.717, 1.165) is 11.6 Å². The molecule has 1 atom stereocenters. The first kappa shape index (κ1) is 16.9. The maximum atomic E-state index is 12.5. The van der Waals surface area contributed by atoms with Crippen molar-refractivity contribution in [2.24, 2.45) is 0 Å². The van der Waals surface area contributed by atoms with Crippen molar-refractivity contribution in [3.8, 4) is 0 Å². The monoisotopic (exact) mass is 373 g/mol. The number of hydrogen-bond donors (Lipinski definition) is 1. The largest absolute Gasteiger partial charge is 0.338 e. The van der Waals surface area contributed by atoms with Gasteiger partial charge in [-0.2, -0.15) is 0 Å². The van der Waals surface area contributed by atoms with Crippen molar-refractivity contribution in [3.05, 3.63) is 33.8 Å². The van der Waals surface area contributed by atoms with Crippen LogP contribution in [0.3, 0.4) is 0 Å². The van der Waals surface area contributed by atoms with Crippen LogP contribution in [0.4, 0.5) is 0 Å². The van der Waals surface area contributed by atoms with Crippen molar-refractivity contribution in [2.45, 2.75) is 6.04 Å². The SMILES string of the molecule is O=C(c1cc(Cl)cc(Cl)c1)N1CCN(C(=O)C2CSCN2)CC1. The van der Waals surface area contributed by atoms with Gasteiger partial charge in [0.25, 0.3) is 5.91 Å². The maximum absolute atomic E-state index is 12.5. The number of carbonyl (C=O) groups excluding carboxylic acids is 2. The summed E-state index contributed by atoms with van der Waals surface area (Å²) in [5.74, 6) is 1.67. The number of amides is 2. The van der Waals surface area contributed by atoms with Crippen LogP contribution in [0.25, 0.3) is 0 Å². The smallest absolute Gasteiger partial charge is 0.254 e. The van der Waals surface area contributed by atoms with E-state index < -0.39 is 0 Å². The fourth-order valence-electron chi connectivity index (χ4n) is 2.76. The molecule has 1 aromatic carbocycles. The van der Waals surface area contributed by atoms with Crippen LogP contribution in [0.2, 0.25) is 10.0 Å². The van der Waals surface area contributed by atoms with E-state index >= 15 is 0 Å². The topological polar surface area (TPSA) is 52.7 Å². The van der Waals surface area contributed by atoms with E-state index in [-0.39, 0.29) is 17.9 Å². The molecule has 1 unspecified atom stereocenters. The number of halogens is 2. The van der Waals surface area contributed by atoms with Gasteiger partial charge in [0.1, 0.15) is 0 Å². The summed E-state index contributed by atoms with van der Waals surface area (Å²) in [5, 5.41) is 4.08. The first-order valence-electron chi connectivity index (χ1n) is 7.40. The highest BCUT2D eigenvalue weighted by Crippen LogP contribution is 2.21. The van der Waals surface area contributed by atoms with E-state index in [1.807, 2.05) is 4.90 Å². The number of rotatable bonds is 2. The first-order chi connectivity index (χ1) is 11.0. The van der Waals surface area contributed by atoms with E-state index in [2.05, 4.69) is 5.32 Å². The minimum Gasteiger partial charge on any atom is -0.338 e. The highest BCUT2D eigenvalue weighted by Gasteiger charge is 2.30. The lowest BCUT2D eigenvalue weighted by Gasteiger charge is -2.36.